The number of hydrogen-bond donors (Lipinski definition) is 1. The monoisotopic (exact) mass is 310 g/mol. The van der Waals surface area contributed by atoms with E-state index in [0.29, 0.717) is 12.4 Å². The Labute approximate surface area is 137 Å². The molecule has 1 aliphatic rings. The minimum absolute atomic E-state index is 0.0454. The first-order valence-corrected chi connectivity index (χ1v) is 8.06. The summed E-state index contributed by atoms with van der Waals surface area (Å²) >= 11 is 0. The number of urea groups is 1. The molecule has 1 saturated heterocycles. The molecule has 1 fully saturated rings. The lowest BCUT2D eigenvalue weighted by Gasteiger charge is -2.18. The van der Waals surface area contributed by atoms with Crippen LogP contribution in [0.5, 0.6) is 5.75 Å². The number of amides is 2. The molecule has 0 atom stereocenters. The number of nitrogens with zero attached hydrogens (tertiary/aromatic N) is 1. The second kappa shape index (κ2) is 7.18. The van der Waals surface area contributed by atoms with Gasteiger partial charge < -0.3 is 15.0 Å². The Morgan fingerprint density at radius 3 is 2.61 bits per heavy atom. The number of carbonyl (C=O) groups excluding carboxylic acids is 1. The van der Waals surface area contributed by atoms with Crippen molar-refractivity contribution in [1.29, 1.82) is 0 Å². The Kier molecular flexibility index (Phi) is 4.81. The second-order valence-electron chi connectivity index (χ2n) is 5.90. The number of likely N-dealkylation sites (tertiary alicyclic amines) is 1. The maximum absolute atomic E-state index is 12.3. The summed E-state index contributed by atoms with van der Waals surface area (Å²) in [6.07, 6.45) is 2.16. The average Bonchev–Trinajstić information content (AvgIpc) is 3.10. The van der Waals surface area contributed by atoms with Gasteiger partial charge in [0, 0.05) is 13.1 Å². The van der Waals surface area contributed by atoms with Crippen molar-refractivity contribution in [2.75, 3.05) is 18.4 Å². The van der Waals surface area contributed by atoms with Crippen molar-refractivity contribution in [2.24, 2.45) is 0 Å². The number of benzene rings is 2. The van der Waals surface area contributed by atoms with Gasteiger partial charge in [-0.05, 0) is 43.0 Å². The zero-order valence-corrected chi connectivity index (χ0v) is 13.4. The number of carbonyl (C=O) groups is 1. The van der Waals surface area contributed by atoms with Crippen LogP contribution >= 0.6 is 0 Å². The number of ether oxygens (including phenoxy) is 1. The summed E-state index contributed by atoms with van der Waals surface area (Å²) in [5, 5.41) is 2.98. The van der Waals surface area contributed by atoms with Crippen molar-refractivity contribution in [3.63, 3.8) is 0 Å². The maximum Gasteiger partial charge on any atom is 0.321 e. The summed E-state index contributed by atoms with van der Waals surface area (Å²) in [6.45, 7) is 4.16. The molecule has 2 amide bonds. The molecule has 0 aromatic heterocycles. The second-order valence-corrected chi connectivity index (χ2v) is 5.90. The van der Waals surface area contributed by atoms with Gasteiger partial charge in [0.05, 0.1) is 5.69 Å². The fraction of sp³-hybridized carbons (Fsp3) is 0.316. The minimum atomic E-state index is -0.0454. The van der Waals surface area contributed by atoms with Crippen LogP contribution in [-0.4, -0.2) is 24.0 Å². The first-order chi connectivity index (χ1) is 11.2. The van der Waals surface area contributed by atoms with E-state index in [1.54, 1.807) is 0 Å². The van der Waals surface area contributed by atoms with Gasteiger partial charge in [-0.3, -0.25) is 0 Å². The van der Waals surface area contributed by atoms with Gasteiger partial charge in [-0.15, -0.1) is 0 Å². The van der Waals surface area contributed by atoms with Crippen LogP contribution in [0.25, 0.3) is 0 Å². The molecule has 0 saturated carbocycles. The van der Waals surface area contributed by atoms with E-state index in [4.69, 9.17) is 4.74 Å². The highest BCUT2D eigenvalue weighted by atomic mass is 16.5. The Balaban J connectivity index is 1.71. The highest BCUT2D eigenvalue weighted by Crippen LogP contribution is 2.27. The van der Waals surface area contributed by atoms with Gasteiger partial charge in [-0.1, -0.05) is 36.4 Å². The maximum atomic E-state index is 12.3. The van der Waals surface area contributed by atoms with E-state index in [9.17, 15) is 4.79 Å². The predicted octanol–water partition coefficient (Wildman–Crippen LogP) is 4.20. The van der Waals surface area contributed by atoms with Gasteiger partial charge in [0.25, 0.3) is 0 Å². The molecule has 1 aliphatic heterocycles. The van der Waals surface area contributed by atoms with Crippen LogP contribution < -0.4 is 10.1 Å². The highest BCUT2D eigenvalue weighted by Gasteiger charge is 2.19. The van der Waals surface area contributed by atoms with Crippen molar-refractivity contribution < 1.29 is 9.53 Å². The van der Waals surface area contributed by atoms with Gasteiger partial charge in [0.2, 0.25) is 0 Å². The van der Waals surface area contributed by atoms with E-state index < -0.39 is 0 Å². The van der Waals surface area contributed by atoms with Crippen LogP contribution in [0.15, 0.2) is 48.5 Å². The summed E-state index contributed by atoms with van der Waals surface area (Å²) in [5.41, 5.74) is 2.93. The van der Waals surface area contributed by atoms with Crippen molar-refractivity contribution in [1.82, 2.24) is 4.90 Å². The van der Waals surface area contributed by atoms with Gasteiger partial charge in [-0.2, -0.15) is 0 Å². The lowest BCUT2D eigenvalue weighted by molar-refractivity contribution is 0.222. The first kappa shape index (κ1) is 15.4. The van der Waals surface area contributed by atoms with Crippen LogP contribution in [0, 0.1) is 6.92 Å². The molecule has 120 valence electrons. The van der Waals surface area contributed by atoms with Crippen molar-refractivity contribution in [2.45, 2.75) is 26.4 Å². The van der Waals surface area contributed by atoms with Crippen LogP contribution in [0.1, 0.15) is 24.0 Å². The van der Waals surface area contributed by atoms with Crippen LogP contribution in [0.4, 0.5) is 10.5 Å². The standard InChI is InChI=1S/C19H22N2O2/c1-15-9-10-17(20-19(22)21-11-5-6-12-21)18(13-15)23-14-16-7-3-2-4-8-16/h2-4,7-10,13H,5-6,11-12,14H2,1H3,(H,20,22). The zero-order valence-electron chi connectivity index (χ0n) is 13.4. The topological polar surface area (TPSA) is 41.6 Å². The molecule has 2 aromatic carbocycles. The van der Waals surface area contributed by atoms with E-state index in [2.05, 4.69) is 5.32 Å². The van der Waals surface area contributed by atoms with E-state index >= 15 is 0 Å². The molecule has 0 spiro atoms. The van der Waals surface area contributed by atoms with Crippen molar-refractivity contribution >= 4 is 11.7 Å². The molecule has 2 aromatic rings. The van der Waals surface area contributed by atoms with E-state index in [1.807, 2.05) is 60.4 Å². The van der Waals surface area contributed by atoms with Crippen molar-refractivity contribution in [3.8, 4) is 5.75 Å². The normalized spacial score (nSPS) is 13.9. The molecule has 0 bridgehead atoms. The smallest absolute Gasteiger partial charge is 0.321 e. The number of anilines is 1. The molecule has 0 unspecified atom stereocenters. The Hall–Kier alpha value is -2.49. The van der Waals surface area contributed by atoms with Crippen LogP contribution in [0.2, 0.25) is 0 Å². The number of nitrogens with one attached hydrogen (secondary N) is 1. The Bertz CT molecular complexity index is 664. The third-order valence-electron chi connectivity index (χ3n) is 4.01. The molecule has 0 radical (unpaired) electrons. The largest absolute Gasteiger partial charge is 0.487 e. The van der Waals surface area contributed by atoms with Crippen LogP contribution in [-0.2, 0) is 6.61 Å². The number of rotatable bonds is 4. The Morgan fingerprint density at radius 1 is 1.13 bits per heavy atom. The Morgan fingerprint density at radius 2 is 1.87 bits per heavy atom. The van der Waals surface area contributed by atoms with Gasteiger partial charge >= 0.3 is 6.03 Å². The minimum Gasteiger partial charge on any atom is -0.487 e. The number of aryl methyl sites for hydroxylation is 1. The molecule has 23 heavy (non-hydrogen) atoms. The third kappa shape index (κ3) is 4.03. The van der Waals surface area contributed by atoms with Gasteiger partial charge in [0.1, 0.15) is 12.4 Å². The SMILES string of the molecule is Cc1ccc(NC(=O)N2CCCC2)c(OCc2ccccc2)c1. The van der Waals surface area contributed by atoms with Crippen molar-refractivity contribution in [3.05, 3.63) is 59.7 Å². The lowest BCUT2D eigenvalue weighted by atomic mass is 10.2. The lowest BCUT2D eigenvalue weighted by Crippen LogP contribution is -2.32. The fourth-order valence-corrected chi connectivity index (χ4v) is 2.70. The third-order valence-corrected chi connectivity index (χ3v) is 4.01. The molecular weight excluding hydrogens is 288 g/mol. The molecule has 4 heteroatoms. The average molecular weight is 310 g/mol. The summed E-state index contributed by atoms with van der Waals surface area (Å²) in [6, 6.07) is 15.8. The van der Waals surface area contributed by atoms with E-state index in [0.717, 1.165) is 42.7 Å². The summed E-state index contributed by atoms with van der Waals surface area (Å²) in [5.74, 6) is 0.710. The van der Waals surface area contributed by atoms with Gasteiger partial charge in [-0.25, -0.2) is 4.79 Å². The van der Waals surface area contributed by atoms with E-state index in [1.165, 1.54) is 0 Å². The summed E-state index contributed by atoms with van der Waals surface area (Å²) < 4.78 is 5.93. The molecule has 1 N–H and O–H groups in total. The predicted molar refractivity (Wildman–Crippen MR) is 91.8 cm³/mol. The molecule has 0 aliphatic carbocycles. The summed E-state index contributed by atoms with van der Waals surface area (Å²) in [4.78, 5) is 14.1. The molecule has 3 rings (SSSR count). The fourth-order valence-electron chi connectivity index (χ4n) is 2.70. The zero-order chi connectivity index (χ0) is 16.1. The highest BCUT2D eigenvalue weighted by molar-refractivity contribution is 5.91. The van der Waals surface area contributed by atoms with Gasteiger partial charge in [0.15, 0.2) is 0 Å². The quantitative estimate of drug-likeness (QED) is 0.919. The molecule has 1 heterocycles. The first-order valence-electron chi connectivity index (χ1n) is 8.06. The molecule has 4 nitrogen and oxygen atoms in total. The molecular formula is C19H22N2O2. The van der Waals surface area contributed by atoms with E-state index in [-0.39, 0.29) is 6.03 Å². The number of hydrogen-bond acceptors (Lipinski definition) is 2. The summed E-state index contributed by atoms with van der Waals surface area (Å²) in [7, 11) is 0. The van der Waals surface area contributed by atoms with Crippen LogP contribution in [0.3, 0.4) is 0 Å².